The van der Waals surface area contributed by atoms with Crippen LogP contribution in [0, 0.1) is 0 Å². The third kappa shape index (κ3) is 2.27. The Hall–Kier alpha value is -2.06. The molecule has 94 valence electrons. The minimum absolute atomic E-state index is 0.961. The topological polar surface area (TPSA) is 9.23 Å². The van der Waals surface area contributed by atoms with E-state index in [0.29, 0.717) is 0 Å². The lowest BCUT2D eigenvalue weighted by Crippen LogP contribution is -1.86. The Bertz CT molecular complexity index is 599. The predicted molar refractivity (Wildman–Crippen MR) is 81.7 cm³/mol. The van der Waals surface area contributed by atoms with E-state index in [0.717, 1.165) is 11.3 Å². The molecule has 0 radical (unpaired) electrons. The highest BCUT2D eigenvalue weighted by Crippen LogP contribution is 2.43. The minimum atomic E-state index is 0.961. The van der Waals surface area contributed by atoms with Crippen molar-refractivity contribution in [3.63, 3.8) is 0 Å². The summed E-state index contributed by atoms with van der Waals surface area (Å²) in [6.45, 7) is 0. The summed E-state index contributed by atoms with van der Waals surface area (Å²) in [6, 6.07) is 20.7. The molecule has 19 heavy (non-hydrogen) atoms. The summed E-state index contributed by atoms with van der Waals surface area (Å²) in [5.41, 5.74) is 3.55. The number of methoxy groups -OCH3 is 1. The number of hydrogen-bond donors (Lipinski definition) is 0. The molecule has 1 aromatic heterocycles. The van der Waals surface area contributed by atoms with Gasteiger partial charge < -0.3 is 4.74 Å². The molecule has 2 aromatic carbocycles. The predicted octanol–water partition coefficient (Wildman–Crippen LogP) is 5.09. The summed E-state index contributed by atoms with van der Waals surface area (Å²) in [5, 5.41) is 2.16. The molecule has 0 unspecified atom stereocenters. The highest BCUT2D eigenvalue weighted by atomic mass is 32.1. The third-order valence-corrected chi connectivity index (χ3v) is 4.08. The minimum Gasteiger partial charge on any atom is -0.495 e. The summed E-state index contributed by atoms with van der Waals surface area (Å²) >= 11 is 1.72. The smallest absolute Gasteiger partial charge is 0.145 e. The molecule has 0 spiro atoms. The summed E-state index contributed by atoms with van der Waals surface area (Å²) < 4.78 is 5.64. The largest absolute Gasteiger partial charge is 0.495 e. The van der Waals surface area contributed by atoms with Crippen molar-refractivity contribution in [2.24, 2.45) is 0 Å². The van der Waals surface area contributed by atoms with Crippen LogP contribution < -0.4 is 4.74 Å². The van der Waals surface area contributed by atoms with Crippen LogP contribution >= 0.6 is 11.3 Å². The van der Waals surface area contributed by atoms with E-state index in [1.807, 2.05) is 12.1 Å². The molecule has 0 bridgehead atoms. The van der Waals surface area contributed by atoms with Crippen molar-refractivity contribution in [2.45, 2.75) is 0 Å². The highest BCUT2D eigenvalue weighted by Gasteiger charge is 2.14. The van der Waals surface area contributed by atoms with Gasteiger partial charge in [-0.3, -0.25) is 0 Å². The SMILES string of the molecule is COc1c(-c2ccccc2)csc1-c1ccccc1. The zero-order valence-electron chi connectivity index (χ0n) is 10.7. The van der Waals surface area contributed by atoms with Crippen molar-refractivity contribution in [1.82, 2.24) is 0 Å². The first-order valence-corrected chi connectivity index (χ1v) is 7.04. The van der Waals surface area contributed by atoms with E-state index in [4.69, 9.17) is 4.74 Å². The van der Waals surface area contributed by atoms with E-state index < -0.39 is 0 Å². The molecule has 0 saturated carbocycles. The number of ether oxygens (including phenoxy) is 1. The lowest BCUT2D eigenvalue weighted by atomic mass is 10.1. The Morgan fingerprint density at radius 1 is 0.789 bits per heavy atom. The molecule has 0 amide bonds. The van der Waals surface area contributed by atoms with Crippen LogP contribution in [0.15, 0.2) is 66.0 Å². The van der Waals surface area contributed by atoms with Crippen molar-refractivity contribution >= 4 is 11.3 Å². The molecule has 0 atom stereocenters. The molecule has 2 heteroatoms. The number of hydrogen-bond acceptors (Lipinski definition) is 2. The molecule has 0 aliphatic heterocycles. The second-order valence-corrected chi connectivity index (χ2v) is 5.12. The van der Waals surface area contributed by atoms with Gasteiger partial charge in [0.05, 0.1) is 12.0 Å². The monoisotopic (exact) mass is 266 g/mol. The van der Waals surface area contributed by atoms with Crippen molar-refractivity contribution in [3.05, 3.63) is 66.0 Å². The lowest BCUT2D eigenvalue weighted by molar-refractivity contribution is 0.419. The Morgan fingerprint density at radius 2 is 1.37 bits per heavy atom. The Labute approximate surface area is 117 Å². The molecule has 1 nitrogen and oxygen atoms in total. The maximum Gasteiger partial charge on any atom is 0.145 e. The quantitative estimate of drug-likeness (QED) is 0.641. The molecule has 3 aromatic rings. The van der Waals surface area contributed by atoms with E-state index in [1.54, 1.807) is 18.4 Å². The second-order valence-electron chi connectivity index (χ2n) is 4.24. The van der Waals surface area contributed by atoms with E-state index in [2.05, 4.69) is 53.9 Å². The maximum atomic E-state index is 5.64. The van der Waals surface area contributed by atoms with E-state index in [-0.39, 0.29) is 0 Å². The highest BCUT2D eigenvalue weighted by molar-refractivity contribution is 7.14. The van der Waals surface area contributed by atoms with Crippen LogP contribution in [0.1, 0.15) is 0 Å². The second kappa shape index (κ2) is 5.29. The van der Waals surface area contributed by atoms with Crippen LogP contribution in [-0.4, -0.2) is 7.11 Å². The first-order valence-electron chi connectivity index (χ1n) is 6.16. The van der Waals surface area contributed by atoms with Crippen LogP contribution in [0.25, 0.3) is 21.6 Å². The van der Waals surface area contributed by atoms with Gasteiger partial charge in [-0.1, -0.05) is 60.7 Å². The first kappa shape index (κ1) is 12.0. The van der Waals surface area contributed by atoms with Crippen molar-refractivity contribution in [1.29, 1.82) is 0 Å². The molecular formula is C17H14OS. The standard InChI is InChI=1S/C17H14OS/c1-18-16-15(13-8-4-2-5-9-13)12-19-17(16)14-10-6-3-7-11-14/h2-12H,1H3. The van der Waals surface area contributed by atoms with Crippen LogP contribution in [0.5, 0.6) is 5.75 Å². The fraction of sp³-hybridized carbons (Fsp3) is 0.0588. The van der Waals surface area contributed by atoms with Gasteiger partial charge in [0.1, 0.15) is 5.75 Å². The average molecular weight is 266 g/mol. The molecule has 3 rings (SSSR count). The first-order chi connectivity index (χ1) is 9.40. The average Bonchev–Trinajstić information content (AvgIpc) is 2.93. The maximum absolute atomic E-state index is 5.64. The van der Waals surface area contributed by atoms with Crippen LogP contribution in [-0.2, 0) is 0 Å². The summed E-state index contributed by atoms with van der Waals surface area (Å²) in [5.74, 6) is 0.961. The zero-order valence-corrected chi connectivity index (χ0v) is 11.5. The van der Waals surface area contributed by atoms with Gasteiger partial charge >= 0.3 is 0 Å². The van der Waals surface area contributed by atoms with Gasteiger partial charge in [0.15, 0.2) is 0 Å². The summed E-state index contributed by atoms with van der Waals surface area (Å²) in [7, 11) is 1.74. The van der Waals surface area contributed by atoms with Crippen molar-refractivity contribution in [3.8, 4) is 27.3 Å². The van der Waals surface area contributed by atoms with E-state index >= 15 is 0 Å². The number of rotatable bonds is 3. The van der Waals surface area contributed by atoms with Gasteiger partial charge in [-0.05, 0) is 11.1 Å². The third-order valence-electron chi connectivity index (χ3n) is 3.07. The van der Waals surface area contributed by atoms with Gasteiger partial charge in [0, 0.05) is 10.9 Å². The molecule has 0 N–H and O–H groups in total. The Morgan fingerprint density at radius 3 is 1.95 bits per heavy atom. The molecule has 0 saturated heterocycles. The lowest BCUT2D eigenvalue weighted by Gasteiger charge is -2.06. The van der Waals surface area contributed by atoms with E-state index in [9.17, 15) is 0 Å². The van der Waals surface area contributed by atoms with Gasteiger partial charge in [0.25, 0.3) is 0 Å². The molecule has 0 aliphatic rings. The number of thiophene rings is 1. The van der Waals surface area contributed by atoms with Gasteiger partial charge in [0.2, 0.25) is 0 Å². The van der Waals surface area contributed by atoms with Gasteiger partial charge in [-0.2, -0.15) is 0 Å². The van der Waals surface area contributed by atoms with Crippen LogP contribution in [0.3, 0.4) is 0 Å². The van der Waals surface area contributed by atoms with Crippen LogP contribution in [0.2, 0.25) is 0 Å². The van der Waals surface area contributed by atoms with Gasteiger partial charge in [-0.25, -0.2) is 0 Å². The van der Waals surface area contributed by atoms with Crippen molar-refractivity contribution in [2.75, 3.05) is 7.11 Å². The van der Waals surface area contributed by atoms with E-state index in [1.165, 1.54) is 16.0 Å². The normalized spacial score (nSPS) is 10.4. The summed E-state index contributed by atoms with van der Waals surface area (Å²) in [4.78, 5) is 1.18. The van der Waals surface area contributed by atoms with Crippen molar-refractivity contribution < 1.29 is 4.74 Å². The molecular weight excluding hydrogens is 252 g/mol. The van der Waals surface area contributed by atoms with Gasteiger partial charge in [-0.15, -0.1) is 11.3 Å². The summed E-state index contributed by atoms with van der Waals surface area (Å²) in [6.07, 6.45) is 0. The molecule has 0 fully saturated rings. The fourth-order valence-electron chi connectivity index (χ4n) is 2.16. The molecule has 1 heterocycles. The number of benzene rings is 2. The van der Waals surface area contributed by atoms with Crippen LogP contribution in [0.4, 0.5) is 0 Å². The fourth-order valence-corrected chi connectivity index (χ4v) is 3.21. The zero-order chi connectivity index (χ0) is 13.1. The molecule has 0 aliphatic carbocycles. The Balaban J connectivity index is 2.13. The Kier molecular flexibility index (Phi) is 3.34.